The zero-order valence-corrected chi connectivity index (χ0v) is 5.27. The van der Waals surface area contributed by atoms with Crippen LogP contribution in [0.25, 0.3) is 0 Å². The largest absolute Gasteiger partial charge is 0.494 e. The van der Waals surface area contributed by atoms with Gasteiger partial charge in [-0.15, -0.1) is 4.52 Å². The van der Waals surface area contributed by atoms with Crippen molar-refractivity contribution in [2.24, 2.45) is 0 Å². The van der Waals surface area contributed by atoms with Crippen molar-refractivity contribution in [1.82, 2.24) is 0 Å². The minimum Gasteiger partial charge on any atom is -0.148 e. The van der Waals surface area contributed by atoms with E-state index < -0.39 is 8.69 Å². The predicted octanol–water partition coefficient (Wildman–Crippen LogP) is 0.959. The van der Waals surface area contributed by atoms with E-state index in [2.05, 4.69) is 4.52 Å². The van der Waals surface area contributed by atoms with Crippen LogP contribution < -0.4 is 0 Å². The molecule has 0 N–H and O–H groups in total. The van der Waals surface area contributed by atoms with Gasteiger partial charge in [0.25, 0.3) is 0 Å². The zero-order chi connectivity index (χ0) is 4.12. The van der Waals surface area contributed by atoms with Crippen LogP contribution in [0.3, 0.4) is 0 Å². The van der Waals surface area contributed by atoms with Gasteiger partial charge < -0.3 is 0 Å². The molecule has 0 bridgehead atoms. The summed E-state index contributed by atoms with van der Waals surface area (Å²) in [6, 6.07) is 0. The molecule has 4 heteroatoms. The second-order valence-corrected chi connectivity index (χ2v) is 0.972. The fourth-order valence-corrected chi connectivity index (χ4v) is 0.177. The molecule has 0 aromatic rings. The van der Waals surface area contributed by atoms with Crippen LogP contribution in [0.4, 0.5) is 0 Å². The van der Waals surface area contributed by atoms with Gasteiger partial charge in [-0.05, 0) is 11.5 Å². The van der Waals surface area contributed by atoms with Crippen LogP contribution in [0, 0.1) is 0 Å². The molecule has 0 aliphatic carbocycles. The Kier molecular flexibility index (Phi) is 14.9. The Morgan fingerprint density at radius 1 is 1.83 bits per heavy atom. The van der Waals surface area contributed by atoms with Crippen molar-refractivity contribution in [2.45, 2.75) is 6.92 Å². The Bertz CT molecular complexity index is 32.7. The van der Waals surface area contributed by atoms with E-state index in [9.17, 15) is 4.57 Å². The second kappa shape index (κ2) is 9.13. The minimum atomic E-state index is -0.592. The van der Waals surface area contributed by atoms with E-state index >= 15 is 0 Å². The molecular weight excluding hydrogens is 151 g/mol. The third-order valence-corrected chi connectivity index (χ3v) is 0.610. The molecule has 0 aliphatic rings. The maximum absolute atomic E-state index is 9.34. The summed E-state index contributed by atoms with van der Waals surface area (Å²) in [6.07, 6.45) is 0. The van der Waals surface area contributed by atoms with E-state index in [4.69, 9.17) is 0 Å². The fraction of sp³-hybridized carbons (Fsp3) is 1.00. The molecule has 1 unspecified atom stereocenters. The Balaban J connectivity index is 0. The number of hydrogen-bond acceptors (Lipinski definition) is 2. The Labute approximate surface area is 49.0 Å². The first-order chi connectivity index (χ1) is 2.41. The Morgan fingerprint density at radius 3 is 2.33 bits per heavy atom. The molecule has 1 radical (unpaired) electrons. The molecule has 1 atom stereocenters. The normalized spacial score (nSPS) is 7.50. The van der Waals surface area contributed by atoms with Crippen LogP contribution in [0.1, 0.15) is 6.92 Å². The molecule has 6 heavy (non-hydrogen) atoms. The van der Waals surface area contributed by atoms with Gasteiger partial charge in [-0.2, -0.15) is 0 Å². The molecule has 0 saturated heterocycles. The van der Waals surface area contributed by atoms with Gasteiger partial charge in [0.05, 0.1) is 6.61 Å². The van der Waals surface area contributed by atoms with E-state index in [0.717, 1.165) is 0 Å². The van der Waals surface area contributed by atoms with Gasteiger partial charge in [-0.25, -0.2) is 0 Å². The van der Waals surface area contributed by atoms with Crippen LogP contribution in [0.15, 0.2) is 0 Å². The monoisotopic (exact) mass is 156 g/mol. The summed E-state index contributed by atoms with van der Waals surface area (Å²) in [5, 5.41) is 0. The molecule has 0 aromatic heterocycles. The van der Waals surface area contributed by atoms with E-state index in [1.165, 1.54) is 0 Å². The van der Waals surface area contributed by atoms with Crippen molar-refractivity contribution in [1.29, 1.82) is 0 Å². The average Bonchev–Trinajstić information content (AvgIpc) is 1.41. The Morgan fingerprint density at radius 2 is 2.33 bits per heavy atom. The summed E-state index contributed by atoms with van der Waals surface area (Å²) in [4.78, 5) is 0. The molecule has 0 spiro atoms. The van der Waals surface area contributed by atoms with Crippen molar-refractivity contribution in [3.05, 3.63) is 0 Å². The average molecular weight is 157 g/mol. The zero-order valence-electron chi connectivity index (χ0n) is 3.33. The van der Waals surface area contributed by atoms with Crippen LogP contribution >= 0.6 is 8.69 Å². The van der Waals surface area contributed by atoms with Gasteiger partial charge in [0, 0.05) is 17.1 Å². The van der Waals surface area contributed by atoms with Gasteiger partial charge in [-0.3, -0.25) is 0 Å². The summed E-state index contributed by atoms with van der Waals surface area (Å²) in [7, 11) is -0.592. The molecule has 41 valence electrons. The summed E-state index contributed by atoms with van der Waals surface area (Å²) in [5.41, 5.74) is 0. The van der Waals surface area contributed by atoms with Crippen molar-refractivity contribution >= 4 is 8.69 Å². The van der Waals surface area contributed by atoms with Gasteiger partial charge in [-0.1, -0.05) is 0 Å². The maximum Gasteiger partial charge on any atom is 0.494 e. The fourth-order valence-electron chi connectivity index (χ4n) is 0.0589. The molecule has 0 fully saturated rings. The summed E-state index contributed by atoms with van der Waals surface area (Å²) in [5.74, 6) is 0. The first-order valence-corrected chi connectivity index (χ1v) is 2.22. The third kappa shape index (κ3) is 8.82. The first-order valence-electron chi connectivity index (χ1n) is 1.40. The first kappa shape index (κ1) is 9.77. The minimum absolute atomic E-state index is 0. The summed E-state index contributed by atoms with van der Waals surface area (Å²) >= 11 is 0. The number of rotatable bonds is 2. The van der Waals surface area contributed by atoms with Gasteiger partial charge in [0.15, 0.2) is 0 Å². The maximum atomic E-state index is 9.34. The SMILES string of the molecule is CCO[PH+]=O.[Cu]. The van der Waals surface area contributed by atoms with E-state index in [1.807, 2.05) is 0 Å². The molecular formula is C2H6CuO2P+. The van der Waals surface area contributed by atoms with Gasteiger partial charge in [0.1, 0.15) is 0 Å². The van der Waals surface area contributed by atoms with Crippen molar-refractivity contribution in [3.63, 3.8) is 0 Å². The van der Waals surface area contributed by atoms with E-state index in [0.29, 0.717) is 6.61 Å². The summed E-state index contributed by atoms with van der Waals surface area (Å²) < 4.78 is 13.6. The van der Waals surface area contributed by atoms with Crippen LogP contribution in [-0.4, -0.2) is 6.61 Å². The van der Waals surface area contributed by atoms with Gasteiger partial charge >= 0.3 is 8.69 Å². The molecule has 0 amide bonds. The topological polar surface area (TPSA) is 26.3 Å². The predicted molar refractivity (Wildman–Crippen MR) is 20.6 cm³/mol. The van der Waals surface area contributed by atoms with Crippen LogP contribution in [0.5, 0.6) is 0 Å². The van der Waals surface area contributed by atoms with Crippen molar-refractivity contribution < 1.29 is 26.2 Å². The molecule has 0 heterocycles. The van der Waals surface area contributed by atoms with Crippen molar-refractivity contribution in [3.8, 4) is 0 Å². The van der Waals surface area contributed by atoms with E-state index in [-0.39, 0.29) is 17.1 Å². The molecule has 0 rings (SSSR count). The Hall–Kier alpha value is 0.579. The molecule has 2 nitrogen and oxygen atoms in total. The molecule has 0 aromatic carbocycles. The standard InChI is InChI=1S/C2H6O2P.Cu/c1-2-4-5-3;/h5H,2H2,1H3;/q+1;. The van der Waals surface area contributed by atoms with Crippen molar-refractivity contribution in [2.75, 3.05) is 6.61 Å². The second-order valence-electron chi connectivity index (χ2n) is 0.516. The third-order valence-electron chi connectivity index (χ3n) is 0.203. The quantitative estimate of drug-likeness (QED) is 0.440. The molecule has 0 saturated carbocycles. The van der Waals surface area contributed by atoms with Crippen LogP contribution in [-0.2, 0) is 26.2 Å². The van der Waals surface area contributed by atoms with E-state index in [1.54, 1.807) is 6.92 Å². The van der Waals surface area contributed by atoms with Gasteiger partial charge in [0.2, 0.25) is 0 Å². The molecule has 0 aliphatic heterocycles. The number of hydrogen-bond donors (Lipinski definition) is 0. The smallest absolute Gasteiger partial charge is 0.148 e. The summed E-state index contributed by atoms with van der Waals surface area (Å²) in [6.45, 7) is 2.34. The van der Waals surface area contributed by atoms with Crippen LogP contribution in [0.2, 0.25) is 0 Å².